The third kappa shape index (κ3) is 9.22. The van der Waals surface area contributed by atoms with Crippen molar-refractivity contribution in [2.24, 2.45) is 0 Å². The van der Waals surface area contributed by atoms with Crippen molar-refractivity contribution < 1.29 is 19.2 Å². The molecule has 1 heterocycles. The summed E-state index contributed by atoms with van der Waals surface area (Å²) in [4.78, 5) is 13.3. The highest BCUT2D eigenvalue weighted by molar-refractivity contribution is 6.23. The number of unbranched alkanes of at least 4 members (excludes halogenated alkanes) is 13. The summed E-state index contributed by atoms with van der Waals surface area (Å²) >= 11 is 0. The summed E-state index contributed by atoms with van der Waals surface area (Å²) in [6, 6.07) is 17.6. The number of carbonyl (C=O) groups excluding carboxylic acids is 1. The van der Waals surface area contributed by atoms with Gasteiger partial charge in [0.25, 0.3) is 0 Å². The number of carbonyl (C=O) groups is 1. The first-order valence-corrected chi connectivity index (χ1v) is 18.0. The number of Topliss-reactive ketones (excluding diaryl/α,β-unsaturated/α-hetero) is 1. The maximum Gasteiger partial charge on any atom is 0.199 e. The zero-order valence-electron chi connectivity index (χ0n) is 28.4. The summed E-state index contributed by atoms with van der Waals surface area (Å²) in [7, 11) is 2.12. The van der Waals surface area contributed by atoms with E-state index in [9.17, 15) is 9.90 Å². The number of fused-ring (bicyclic) bond motifs is 1. The van der Waals surface area contributed by atoms with Crippen LogP contribution >= 0.6 is 0 Å². The van der Waals surface area contributed by atoms with Gasteiger partial charge in [0.05, 0.1) is 0 Å². The lowest BCUT2D eigenvalue weighted by molar-refractivity contribution is -0.496. The number of rotatable bonds is 17. The van der Waals surface area contributed by atoms with Gasteiger partial charge in [0.1, 0.15) is 25.1 Å². The molecule has 0 unspecified atom stereocenters. The van der Waals surface area contributed by atoms with Crippen molar-refractivity contribution in [3.8, 4) is 5.75 Å². The van der Waals surface area contributed by atoms with Gasteiger partial charge in [-0.2, -0.15) is 0 Å². The Hall–Kier alpha value is -4.18. The van der Waals surface area contributed by atoms with E-state index < -0.39 is 0 Å². The standard InChI is InChI=1S/C43H51NO3/c1-3-4-5-6-7-8-9-10-11-12-13-14-15-21-30-44(2)36-28-26-34(27-29-36)41-42(45)38(43(41)46)31-35-32-40(33-22-17-16-18-23-33)47-39-25-20-19-24-37(35)39/h16-20,22-29,31-32H,3-15,21,30H2,1-2H3/b35-31-. The van der Waals surface area contributed by atoms with Crippen LogP contribution < -0.4 is 9.84 Å². The van der Waals surface area contributed by atoms with Gasteiger partial charge in [-0.15, -0.1) is 0 Å². The number of allylic oxidation sites excluding steroid dienone is 10. The van der Waals surface area contributed by atoms with E-state index in [-0.39, 0.29) is 22.7 Å². The zero-order valence-corrected chi connectivity index (χ0v) is 28.4. The van der Waals surface area contributed by atoms with Crippen molar-refractivity contribution in [2.45, 2.75) is 96.8 Å². The minimum Gasteiger partial charge on any atom is -0.871 e. The van der Waals surface area contributed by atoms with E-state index in [1.54, 1.807) is 6.08 Å². The van der Waals surface area contributed by atoms with Gasteiger partial charge in [-0.3, -0.25) is 4.79 Å². The summed E-state index contributed by atoms with van der Waals surface area (Å²) in [6.07, 6.45) is 30.5. The predicted octanol–water partition coefficient (Wildman–Crippen LogP) is 9.69. The topological polar surface area (TPSA) is 52.4 Å². The number of benzene rings is 2. The molecule has 2 aromatic carbocycles. The normalized spacial score (nSPS) is 16.4. The van der Waals surface area contributed by atoms with E-state index >= 15 is 0 Å². The lowest BCUT2D eigenvalue weighted by atomic mass is 9.81. The number of nitrogens with zero attached hydrogens (tertiary/aromatic N) is 1. The number of para-hydroxylation sites is 1. The number of ketones is 1. The fourth-order valence-electron chi connectivity index (χ4n) is 6.54. The van der Waals surface area contributed by atoms with Crippen LogP contribution in [0.2, 0.25) is 0 Å². The van der Waals surface area contributed by atoms with E-state index in [0.717, 1.165) is 29.0 Å². The Labute approximate surface area is 282 Å². The van der Waals surface area contributed by atoms with Crippen LogP contribution in [0.25, 0.3) is 11.3 Å². The monoisotopic (exact) mass is 629 g/mol. The molecule has 0 spiro atoms. The second-order valence-corrected chi connectivity index (χ2v) is 13.1. The van der Waals surface area contributed by atoms with Gasteiger partial charge in [-0.1, -0.05) is 138 Å². The van der Waals surface area contributed by atoms with Crippen LogP contribution in [0.4, 0.5) is 0 Å². The molecule has 2 aliphatic carbocycles. The Morgan fingerprint density at radius 1 is 0.723 bits per heavy atom. The number of hydrogen-bond donors (Lipinski definition) is 0. The fraction of sp³-hybridized carbons (Fsp3) is 0.395. The maximum absolute atomic E-state index is 13.3. The molecule has 0 saturated carbocycles. The first-order chi connectivity index (χ1) is 23.1. The molecule has 0 N–H and O–H groups in total. The van der Waals surface area contributed by atoms with Crippen LogP contribution in [0.5, 0.6) is 5.75 Å². The molecule has 0 atom stereocenters. The molecule has 5 rings (SSSR count). The van der Waals surface area contributed by atoms with E-state index in [1.165, 1.54) is 89.9 Å². The SMILES string of the molecule is CCCCCCCCCCCCCCCC[N+](C)=C1C=CC(=C2C(=O)C(/C=C3/C=C(c4ccccc4)Oc4ccccc43)=C2[O-])C=C1. The highest BCUT2D eigenvalue weighted by atomic mass is 16.5. The van der Waals surface area contributed by atoms with Crippen molar-refractivity contribution in [1.29, 1.82) is 0 Å². The number of hydrogen-bond acceptors (Lipinski definition) is 3. The molecule has 0 aromatic heterocycles. The van der Waals surface area contributed by atoms with E-state index in [1.807, 2.05) is 85.0 Å². The average molecular weight is 630 g/mol. The smallest absolute Gasteiger partial charge is 0.199 e. The van der Waals surface area contributed by atoms with Crippen molar-refractivity contribution in [2.75, 3.05) is 13.6 Å². The molecule has 0 radical (unpaired) electrons. The number of ether oxygens (including phenoxy) is 1. The first-order valence-electron chi connectivity index (χ1n) is 18.0. The summed E-state index contributed by atoms with van der Waals surface area (Å²) < 4.78 is 8.42. The third-order valence-corrected chi connectivity index (χ3v) is 9.45. The van der Waals surface area contributed by atoms with Crippen LogP contribution in [-0.2, 0) is 4.79 Å². The maximum atomic E-state index is 13.3. The summed E-state index contributed by atoms with van der Waals surface area (Å²) in [5.41, 5.74) is 4.86. The fourth-order valence-corrected chi connectivity index (χ4v) is 6.54. The van der Waals surface area contributed by atoms with E-state index in [0.29, 0.717) is 17.1 Å². The summed E-state index contributed by atoms with van der Waals surface area (Å²) in [6.45, 7) is 3.28. The molecule has 0 bridgehead atoms. The van der Waals surface area contributed by atoms with Crippen molar-refractivity contribution in [1.82, 2.24) is 0 Å². The molecule has 246 valence electrons. The van der Waals surface area contributed by atoms with Gasteiger partial charge >= 0.3 is 0 Å². The molecule has 2 aromatic rings. The van der Waals surface area contributed by atoms with Crippen molar-refractivity contribution in [3.05, 3.63) is 125 Å². The van der Waals surface area contributed by atoms with Crippen LogP contribution in [0, 0.1) is 0 Å². The molecule has 0 saturated heterocycles. The van der Waals surface area contributed by atoms with Crippen LogP contribution in [0.15, 0.2) is 114 Å². The quantitative estimate of drug-likeness (QED) is 0.0995. The Kier molecular flexibility index (Phi) is 12.8. The van der Waals surface area contributed by atoms with Gasteiger partial charge in [-0.05, 0) is 47.9 Å². The Morgan fingerprint density at radius 2 is 1.30 bits per heavy atom. The van der Waals surface area contributed by atoms with Crippen LogP contribution in [0.3, 0.4) is 0 Å². The molecule has 0 fully saturated rings. The van der Waals surface area contributed by atoms with Gasteiger partial charge in [0.2, 0.25) is 0 Å². The second kappa shape index (κ2) is 17.7. The minimum atomic E-state index is -0.204. The largest absolute Gasteiger partial charge is 0.871 e. The van der Waals surface area contributed by atoms with Crippen LogP contribution in [-0.4, -0.2) is 29.7 Å². The molecular formula is C43H51NO3. The zero-order chi connectivity index (χ0) is 32.8. The van der Waals surface area contributed by atoms with Crippen LogP contribution in [0.1, 0.15) is 108 Å². The molecule has 4 nitrogen and oxygen atoms in total. The lowest BCUT2D eigenvalue weighted by Crippen LogP contribution is -2.30. The lowest BCUT2D eigenvalue weighted by Gasteiger charge is -2.31. The average Bonchev–Trinajstić information content (AvgIpc) is 3.11. The highest BCUT2D eigenvalue weighted by Gasteiger charge is 2.29. The molecule has 4 heteroatoms. The minimum absolute atomic E-state index is 0.204. The van der Waals surface area contributed by atoms with Gasteiger partial charge in [0, 0.05) is 40.8 Å². The van der Waals surface area contributed by atoms with Gasteiger partial charge < -0.3 is 9.84 Å². The predicted molar refractivity (Wildman–Crippen MR) is 193 cm³/mol. The second-order valence-electron chi connectivity index (χ2n) is 13.1. The first kappa shape index (κ1) is 34.2. The van der Waals surface area contributed by atoms with Crippen molar-refractivity contribution >= 4 is 22.8 Å². The Balaban J connectivity index is 1.11. The molecule has 47 heavy (non-hydrogen) atoms. The summed E-state index contributed by atoms with van der Waals surface area (Å²) in [5.74, 6) is 0.987. The van der Waals surface area contributed by atoms with E-state index in [4.69, 9.17) is 4.74 Å². The third-order valence-electron chi connectivity index (χ3n) is 9.45. The summed E-state index contributed by atoms with van der Waals surface area (Å²) in [5, 5.41) is 13.3. The molecular weight excluding hydrogens is 578 g/mol. The molecule has 1 aliphatic heterocycles. The van der Waals surface area contributed by atoms with Gasteiger partial charge in [-0.25, -0.2) is 4.58 Å². The Bertz CT molecular complexity index is 1590. The Morgan fingerprint density at radius 3 is 1.91 bits per heavy atom. The highest BCUT2D eigenvalue weighted by Crippen LogP contribution is 2.40. The molecule has 3 aliphatic rings. The van der Waals surface area contributed by atoms with E-state index in [2.05, 4.69) is 18.5 Å². The van der Waals surface area contributed by atoms with Crippen molar-refractivity contribution in [3.63, 3.8) is 0 Å². The van der Waals surface area contributed by atoms with Gasteiger partial charge in [0.15, 0.2) is 11.5 Å². The molecule has 0 amide bonds.